The second kappa shape index (κ2) is 6.58. The molecule has 21 heavy (non-hydrogen) atoms. The molecule has 116 valence electrons. The molecule has 1 saturated heterocycles. The lowest BCUT2D eigenvalue weighted by Crippen LogP contribution is -2.41. The zero-order valence-electron chi connectivity index (χ0n) is 12.3. The van der Waals surface area contributed by atoms with Gasteiger partial charge in [0.2, 0.25) is 0 Å². The number of hydrogen-bond acceptors (Lipinski definition) is 4. The van der Waals surface area contributed by atoms with E-state index >= 15 is 0 Å². The van der Waals surface area contributed by atoms with Crippen molar-refractivity contribution >= 4 is 15.7 Å². The summed E-state index contributed by atoms with van der Waals surface area (Å²) in [6, 6.07) is 7.20. The normalized spacial score (nSPS) is 20.4. The van der Waals surface area contributed by atoms with Gasteiger partial charge in [-0.1, -0.05) is 18.2 Å². The van der Waals surface area contributed by atoms with Crippen molar-refractivity contribution in [3.8, 4) is 0 Å². The summed E-state index contributed by atoms with van der Waals surface area (Å²) >= 11 is 0. The molecular weight excluding hydrogens is 288 g/mol. The van der Waals surface area contributed by atoms with E-state index in [0.717, 1.165) is 5.56 Å². The van der Waals surface area contributed by atoms with Crippen LogP contribution in [0.15, 0.2) is 24.3 Å². The van der Waals surface area contributed by atoms with Crippen LogP contribution in [0.25, 0.3) is 0 Å². The van der Waals surface area contributed by atoms with Crippen molar-refractivity contribution in [2.24, 2.45) is 5.73 Å². The Morgan fingerprint density at radius 1 is 1.38 bits per heavy atom. The molecule has 1 aromatic rings. The highest BCUT2D eigenvalue weighted by molar-refractivity contribution is 7.91. The molecule has 0 saturated carbocycles. The van der Waals surface area contributed by atoms with E-state index in [4.69, 9.17) is 5.73 Å². The molecule has 0 aliphatic carbocycles. The molecule has 1 unspecified atom stereocenters. The van der Waals surface area contributed by atoms with Crippen LogP contribution in [0.4, 0.5) is 0 Å². The molecule has 0 aromatic heterocycles. The maximum atomic E-state index is 12.8. The lowest BCUT2D eigenvalue weighted by atomic mass is 10.0. The highest BCUT2D eigenvalue weighted by Gasteiger charge is 2.34. The largest absolute Gasteiger partial charge is 0.335 e. The first-order valence-electron chi connectivity index (χ1n) is 7.28. The summed E-state index contributed by atoms with van der Waals surface area (Å²) in [5.74, 6) is 0.154. The van der Waals surface area contributed by atoms with Crippen LogP contribution in [0.3, 0.4) is 0 Å². The first-order chi connectivity index (χ1) is 9.98. The number of hydrogen-bond donors (Lipinski definition) is 1. The fourth-order valence-corrected chi connectivity index (χ4v) is 4.58. The molecular formula is C15H22N2O3S. The molecule has 1 fully saturated rings. The van der Waals surface area contributed by atoms with E-state index in [2.05, 4.69) is 0 Å². The first kappa shape index (κ1) is 16.0. The Balaban J connectivity index is 2.25. The SMILES string of the molecule is CCN(C(=O)c1ccccc1CCN)C1CCS(=O)(=O)C1. The molecule has 0 radical (unpaired) electrons. The van der Waals surface area contributed by atoms with Crippen LogP contribution >= 0.6 is 0 Å². The molecule has 1 aliphatic rings. The van der Waals surface area contributed by atoms with Crippen molar-refractivity contribution in [1.82, 2.24) is 4.90 Å². The maximum absolute atomic E-state index is 12.8. The Morgan fingerprint density at radius 3 is 2.67 bits per heavy atom. The van der Waals surface area contributed by atoms with Crippen molar-refractivity contribution in [2.45, 2.75) is 25.8 Å². The van der Waals surface area contributed by atoms with Crippen molar-refractivity contribution in [3.05, 3.63) is 35.4 Å². The number of carbonyl (C=O) groups is 1. The monoisotopic (exact) mass is 310 g/mol. The quantitative estimate of drug-likeness (QED) is 0.874. The molecule has 1 heterocycles. The summed E-state index contributed by atoms with van der Waals surface area (Å²) in [4.78, 5) is 14.4. The smallest absolute Gasteiger partial charge is 0.254 e. The van der Waals surface area contributed by atoms with Gasteiger partial charge in [0, 0.05) is 18.2 Å². The third-order valence-electron chi connectivity index (χ3n) is 3.91. The molecule has 1 atom stereocenters. The number of benzene rings is 1. The summed E-state index contributed by atoms with van der Waals surface area (Å²) in [5.41, 5.74) is 7.15. The van der Waals surface area contributed by atoms with Crippen molar-refractivity contribution in [1.29, 1.82) is 0 Å². The van der Waals surface area contributed by atoms with Gasteiger partial charge in [-0.2, -0.15) is 0 Å². The van der Waals surface area contributed by atoms with E-state index in [1.165, 1.54) is 0 Å². The Labute approximate surface area is 126 Å². The zero-order valence-corrected chi connectivity index (χ0v) is 13.1. The van der Waals surface area contributed by atoms with Crippen LogP contribution in [0.5, 0.6) is 0 Å². The zero-order chi connectivity index (χ0) is 15.5. The van der Waals surface area contributed by atoms with Gasteiger partial charge in [-0.05, 0) is 37.9 Å². The first-order valence-corrected chi connectivity index (χ1v) is 9.10. The van der Waals surface area contributed by atoms with Crippen LogP contribution in [0.2, 0.25) is 0 Å². The van der Waals surface area contributed by atoms with Gasteiger partial charge in [0.25, 0.3) is 5.91 Å². The Hall–Kier alpha value is -1.40. The molecule has 6 heteroatoms. The van der Waals surface area contributed by atoms with Gasteiger partial charge >= 0.3 is 0 Å². The molecule has 0 bridgehead atoms. The van der Waals surface area contributed by atoms with E-state index in [1.807, 2.05) is 25.1 Å². The molecule has 5 nitrogen and oxygen atoms in total. The standard InChI is InChI=1S/C15H22N2O3S/c1-2-17(13-8-10-21(19,20)11-13)15(18)14-6-4-3-5-12(14)7-9-16/h3-6,13H,2,7-11,16H2,1H3. The number of carbonyl (C=O) groups excluding carboxylic acids is 1. The van der Waals surface area contributed by atoms with Crippen LogP contribution < -0.4 is 5.73 Å². The number of amides is 1. The van der Waals surface area contributed by atoms with Gasteiger partial charge in [0.1, 0.15) is 0 Å². The number of nitrogens with zero attached hydrogens (tertiary/aromatic N) is 1. The Morgan fingerprint density at radius 2 is 2.10 bits per heavy atom. The molecule has 2 N–H and O–H groups in total. The third-order valence-corrected chi connectivity index (χ3v) is 5.66. The average Bonchev–Trinajstić information content (AvgIpc) is 2.80. The Kier molecular flexibility index (Phi) is 5.00. The van der Waals surface area contributed by atoms with Crippen molar-refractivity contribution < 1.29 is 13.2 Å². The van der Waals surface area contributed by atoms with Gasteiger partial charge in [0.05, 0.1) is 11.5 Å². The number of rotatable bonds is 5. The molecule has 1 aliphatic heterocycles. The topological polar surface area (TPSA) is 80.5 Å². The molecule has 0 spiro atoms. The fraction of sp³-hybridized carbons (Fsp3) is 0.533. The van der Waals surface area contributed by atoms with Gasteiger partial charge in [-0.3, -0.25) is 4.79 Å². The lowest BCUT2D eigenvalue weighted by molar-refractivity contribution is 0.0707. The lowest BCUT2D eigenvalue weighted by Gasteiger charge is -2.27. The van der Waals surface area contributed by atoms with Gasteiger partial charge in [0.15, 0.2) is 9.84 Å². The number of sulfone groups is 1. The minimum Gasteiger partial charge on any atom is -0.335 e. The molecule has 2 rings (SSSR count). The van der Waals surface area contributed by atoms with Crippen LogP contribution in [-0.2, 0) is 16.3 Å². The fourth-order valence-electron chi connectivity index (χ4n) is 2.85. The second-order valence-corrected chi connectivity index (χ2v) is 7.57. The van der Waals surface area contributed by atoms with Crippen LogP contribution in [-0.4, -0.2) is 49.9 Å². The highest BCUT2D eigenvalue weighted by Crippen LogP contribution is 2.21. The van der Waals surface area contributed by atoms with E-state index in [-0.39, 0.29) is 23.5 Å². The Bertz CT molecular complexity index is 613. The molecule has 1 aromatic carbocycles. The van der Waals surface area contributed by atoms with Gasteiger partial charge < -0.3 is 10.6 Å². The van der Waals surface area contributed by atoms with E-state index < -0.39 is 9.84 Å². The summed E-state index contributed by atoms with van der Waals surface area (Å²) in [5, 5.41) is 0. The second-order valence-electron chi connectivity index (χ2n) is 5.34. The minimum absolute atomic E-state index is 0.0750. The predicted octanol–water partition coefficient (Wildman–Crippen LogP) is 0.837. The van der Waals surface area contributed by atoms with Gasteiger partial charge in [-0.25, -0.2) is 8.42 Å². The number of nitrogens with two attached hydrogens (primary N) is 1. The minimum atomic E-state index is -3.00. The summed E-state index contributed by atoms with van der Waals surface area (Å²) in [7, 11) is -3.00. The van der Waals surface area contributed by atoms with Crippen LogP contribution in [0.1, 0.15) is 29.3 Å². The van der Waals surface area contributed by atoms with E-state index in [0.29, 0.717) is 31.5 Å². The van der Waals surface area contributed by atoms with Crippen molar-refractivity contribution in [2.75, 3.05) is 24.6 Å². The summed E-state index contributed by atoms with van der Waals surface area (Å²) in [6.45, 7) is 2.87. The van der Waals surface area contributed by atoms with Crippen molar-refractivity contribution in [3.63, 3.8) is 0 Å². The van der Waals surface area contributed by atoms with E-state index in [9.17, 15) is 13.2 Å². The average molecular weight is 310 g/mol. The predicted molar refractivity (Wildman–Crippen MR) is 83.0 cm³/mol. The summed E-state index contributed by atoms with van der Waals surface area (Å²) in [6.07, 6.45) is 1.17. The van der Waals surface area contributed by atoms with Gasteiger partial charge in [-0.15, -0.1) is 0 Å². The van der Waals surface area contributed by atoms with E-state index in [1.54, 1.807) is 11.0 Å². The van der Waals surface area contributed by atoms with Crippen LogP contribution in [0, 0.1) is 0 Å². The molecule has 1 amide bonds. The third kappa shape index (κ3) is 3.63. The highest BCUT2D eigenvalue weighted by atomic mass is 32.2. The summed E-state index contributed by atoms with van der Waals surface area (Å²) < 4.78 is 23.3. The maximum Gasteiger partial charge on any atom is 0.254 e.